The molecule has 0 saturated carbocycles. The number of hydrogen-bond acceptors (Lipinski definition) is 2. The van der Waals surface area contributed by atoms with E-state index in [2.05, 4.69) is 55.5 Å². The summed E-state index contributed by atoms with van der Waals surface area (Å²) in [7, 11) is 0. The quantitative estimate of drug-likeness (QED) is 0.825. The van der Waals surface area contributed by atoms with Crippen molar-refractivity contribution in [3.8, 4) is 0 Å². The molecule has 0 aliphatic heterocycles. The summed E-state index contributed by atoms with van der Waals surface area (Å²) in [5, 5.41) is 0. The highest BCUT2D eigenvalue weighted by molar-refractivity contribution is 5.97. The molecule has 0 spiro atoms. The van der Waals surface area contributed by atoms with Gasteiger partial charge in [0, 0.05) is 6.42 Å². The van der Waals surface area contributed by atoms with Gasteiger partial charge < -0.3 is 11.5 Å². The zero-order valence-corrected chi connectivity index (χ0v) is 12.2. The highest BCUT2D eigenvalue weighted by Gasteiger charge is 2.24. The van der Waals surface area contributed by atoms with Gasteiger partial charge in [-0.2, -0.15) is 0 Å². The summed E-state index contributed by atoms with van der Waals surface area (Å²) in [4.78, 5) is 0. The van der Waals surface area contributed by atoms with E-state index in [0.29, 0.717) is 6.42 Å². The molecule has 0 fully saturated rings. The van der Waals surface area contributed by atoms with Crippen molar-refractivity contribution < 1.29 is 0 Å². The summed E-state index contributed by atoms with van der Waals surface area (Å²) in [5.41, 5.74) is 17.5. The van der Waals surface area contributed by atoms with Gasteiger partial charge in [0.2, 0.25) is 0 Å². The summed E-state index contributed by atoms with van der Waals surface area (Å²) >= 11 is 0. The van der Waals surface area contributed by atoms with E-state index in [1.807, 2.05) is 18.2 Å². The van der Waals surface area contributed by atoms with Crippen LogP contribution in [-0.4, -0.2) is 5.66 Å². The smallest absolute Gasteiger partial charge is 0.0873 e. The molecule has 1 aliphatic carbocycles. The first kappa shape index (κ1) is 13.8. The molecule has 0 atom stereocenters. The highest BCUT2D eigenvalue weighted by atomic mass is 14.9. The maximum absolute atomic E-state index is 6.13. The Labute approximate surface area is 125 Å². The molecule has 21 heavy (non-hydrogen) atoms. The molecule has 1 aliphatic rings. The van der Waals surface area contributed by atoms with Gasteiger partial charge in [-0.3, -0.25) is 0 Å². The van der Waals surface area contributed by atoms with Crippen molar-refractivity contribution in [2.45, 2.75) is 19.0 Å². The van der Waals surface area contributed by atoms with Crippen LogP contribution < -0.4 is 11.5 Å². The van der Waals surface area contributed by atoms with Crippen molar-refractivity contribution in [2.75, 3.05) is 0 Å². The average molecular weight is 276 g/mol. The molecule has 0 radical (unpaired) electrons. The molecule has 3 rings (SSSR count). The molecule has 2 aromatic carbocycles. The Morgan fingerprint density at radius 1 is 0.857 bits per heavy atom. The second kappa shape index (κ2) is 5.32. The van der Waals surface area contributed by atoms with Crippen LogP contribution in [0.3, 0.4) is 0 Å². The number of nitrogens with two attached hydrogens (primary N) is 2. The van der Waals surface area contributed by atoms with E-state index in [-0.39, 0.29) is 0 Å². The summed E-state index contributed by atoms with van der Waals surface area (Å²) in [5.74, 6) is 0. The minimum Gasteiger partial charge on any atom is -0.310 e. The largest absolute Gasteiger partial charge is 0.310 e. The van der Waals surface area contributed by atoms with Crippen molar-refractivity contribution in [3.63, 3.8) is 0 Å². The van der Waals surface area contributed by atoms with E-state index >= 15 is 0 Å². The molecule has 2 nitrogen and oxygen atoms in total. The predicted octanol–water partition coefficient (Wildman–Crippen LogP) is 3.48. The Bertz CT molecular complexity index is 692. The van der Waals surface area contributed by atoms with Crippen LogP contribution in [0.1, 0.15) is 23.1 Å². The Hall–Kier alpha value is -2.16. The van der Waals surface area contributed by atoms with Gasteiger partial charge in [-0.05, 0) is 35.3 Å². The van der Waals surface area contributed by atoms with Crippen LogP contribution >= 0.6 is 0 Å². The van der Waals surface area contributed by atoms with Gasteiger partial charge in [0.15, 0.2) is 0 Å². The van der Waals surface area contributed by atoms with Crippen LogP contribution in [0.4, 0.5) is 0 Å². The predicted molar refractivity (Wildman–Crippen MR) is 89.3 cm³/mol. The highest BCUT2D eigenvalue weighted by Crippen LogP contribution is 2.35. The van der Waals surface area contributed by atoms with E-state index in [0.717, 1.165) is 0 Å². The van der Waals surface area contributed by atoms with Crippen molar-refractivity contribution >= 4 is 11.1 Å². The minimum absolute atomic E-state index is 0.636. The van der Waals surface area contributed by atoms with Gasteiger partial charge in [-0.1, -0.05) is 66.2 Å². The summed E-state index contributed by atoms with van der Waals surface area (Å²) < 4.78 is 0. The number of benzene rings is 2. The fourth-order valence-electron chi connectivity index (χ4n) is 2.70. The number of hydrogen-bond donors (Lipinski definition) is 2. The molecule has 0 heterocycles. The monoisotopic (exact) mass is 276 g/mol. The molecule has 0 saturated heterocycles. The van der Waals surface area contributed by atoms with Crippen molar-refractivity contribution in [3.05, 3.63) is 83.4 Å². The fourth-order valence-corrected chi connectivity index (χ4v) is 2.70. The van der Waals surface area contributed by atoms with E-state index in [4.69, 9.17) is 11.5 Å². The fraction of sp³-hybridized carbons (Fsp3) is 0.158. The van der Waals surface area contributed by atoms with Gasteiger partial charge in [0.05, 0.1) is 5.66 Å². The van der Waals surface area contributed by atoms with Gasteiger partial charge in [0.25, 0.3) is 0 Å². The molecule has 0 unspecified atom stereocenters. The average Bonchev–Trinajstić information content (AvgIpc) is 2.48. The zero-order chi connectivity index (χ0) is 14.9. The third kappa shape index (κ3) is 2.97. The molecule has 0 amide bonds. The van der Waals surface area contributed by atoms with Crippen LogP contribution in [-0.2, 0) is 0 Å². The Kier molecular flexibility index (Phi) is 3.50. The van der Waals surface area contributed by atoms with Crippen molar-refractivity contribution in [2.24, 2.45) is 11.5 Å². The molecule has 0 bridgehead atoms. The zero-order valence-electron chi connectivity index (χ0n) is 12.2. The van der Waals surface area contributed by atoms with E-state index < -0.39 is 5.66 Å². The third-order valence-corrected chi connectivity index (χ3v) is 3.85. The number of rotatable bonds is 2. The van der Waals surface area contributed by atoms with E-state index in [1.165, 1.54) is 27.8 Å². The molecule has 4 N–H and O–H groups in total. The lowest BCUT2D eigenvalue weighted by molar-refractivity contribution is 0.566. The maximum atomic E-state index is 6.13. The topological polar surface area (TPSA) is 52.0 Å². The Morgan fingerprint density at radius 2 is 1.52 bits per heavy atom. The second-order valence-corrected chi connectivity index (χ2v) is 5.75. The second-order valence-electron chi connectivity index (χ2n) is 5.75. The first-order valence-electron chi connectivity index (χ1n) is 7.18. The molecular formula is C19H20N2. The molecule has 0 aromatic heterocycles. The molecular weight excluding hydrogens is 256 g/mol. The van der Waals surface area contributed by atoms with E-state index in [1.54, 1.807) is 0 Å². The van der Waals surface area contributed by atoms with Crippen LogP contribution in [0.2, 0.25) is 0 Å². The van der Waals surface area contributed by atoms with Crippen LogP contribution in [0.25, 0.3) is 11.1 Å². The van der Waals surface area contributed by atoms with Gasteiger partial charge >= 0.3 is 0 Å². The van der Waals surface area contributed by atoms with E-state index in [9.17, 15) is 0 Å². The van der Waals surface area contributed by atoms with Gasteiger partial charge in [0.1, 0.15) is 0 Å². The van der Waals surface area contributed by atoms with Crippen LogP contribution in [0, 0.1) is 6.92 Å². The Morgan fingerprint density at radius 3 is 2.19 bits per heavy atom. The minimum atomic E-state index is -0.779. The maximum Gasteiger partial charge on any atom is 0.0873 e. The normalized spacial score (nSPS) is 17.1. The molecule has 2 heteroatoms. The lowest BCUT2D eigenvalue weighted by Gasteiger charge is -2.28. The number of allylic oxidation sites excluding steroid dienone is 2. The first-order valence-corrected chi connectivity index (χ1v) is 7.18. The molecule has 2 aromatic rings. The standard InChI is InChI=1S/C19H20N2/c1-14-7-9-16(10-8-14)18-13-19(20,21)12-11-17(18)15-5-3-2-4-6-15/h2-12H,13,20-21H2,1H3. The lowest BCUT2D eigenvalue weighted by Crippen LogP contribution is -2.48. The summed E-state index contributed by atoms with van der Waals surface area (Å²) in [6, 6.07) is 18.9. The van der Waals surface area contributed by atoms with Crippen LogP contribution in [0.5, 0.6) is 0 Å². The van der Waals surface area contributed by atoms with Crippen molar-refractivity contribution in [1.29, 1.82) is 0 Å². The van der Waals surface area contributed by atoms with Crippen molar-refractivity contribution in [1.82, 2.24) is 0 Å². The Balaban J connectivity index is 2.15. The lowest BCUT2D eigenvalue weighted by atomic mass is 9.83. The summed E-state index contributed by atoms with van der Waals surface area (Å²) in [6.45, 7) is 2.09. The van der Waals surface area contributed by atoms with Gasteiger partial charge in [-0.25, -0.2) is 0 Å². The summed E-state index contributed by atoms with van der Waals surface area (Å²) in [6.07, 6.45) is 4.58. The van der Waals surface area contributed by atoms with Gasteiger partial charge in [-0.15, -0.1) is 0 Å². The SMILES string of the molecule is Cc1ccc(C2=C(c3ccccc3)C=CC(N)(N)C2)cc1. The van der Waals surface area contributed by atoms with Crippen LogP contribution in [0.15, 0.2) is 66.7 Å². The third-order valence-electron chi connectivity index (χ3n) is 3.85. The number of aryl methyl sites for hydroxylation is 1. The molecule has 106 valence electrons. The first-order chi connectivity index (χ1) is 10.1.